The minimum absolute atomic E-state index is 0.364. The van der Waals surface area contributed by atoms with E-state index in [1.165, 1.54) is 20.9 Å². The Bertz CT molecular complexity index is 774. The van der Waals surface area contributed by atoms with E-state index in [4.69, 9.17) is 16.3 Å². The standard InChI is InChI=1S/C20H23ClN2OS/c1-22-7-9-23(10-8-22)17-11-14-5-3-4-6-19(14)25-20-13-18(24-2)16(21)12-15(17)20/h3-6,12-13,17H,7-11H2,1-2H3. The summed E-state index contributed by atoms with van der Waals surface area (Å²) in [6.07, 6.45) is 1.03. The second-order valence-corrected chi connectivity index (χ2v) is 8.28. The molecule has 0 N–H and O–H groups in total. The molecule has 2 aliphatic heterocycles. The van der Waals surface area contributed by atoms with Gasteiger partial charge in [0.25, 0.3) is 0 Å². The molecule has 1 saturated heterocycles. The average molecular weight is 375 g/mol. The molecule has 25 heavy (non-hydrogen) atoms. The van der Waals surface area contributed by atoms with E-state index >= 15 is 0 Å². The Balaban J connectivity index is 1.79. The van der Waals surface area contributed by atoms with Gasteiger partial charge in [0.2, 0.25) is 0 Å². The quantitative estimate of drug-likeness (QED) is 0.776. The lowest BCUT2D eigenvalue weighted by Crippen LogP contribution is -2.46. The van der Waals surface area contributed by atoms with E-state index in [1.807, 2.05) is 11.8 Å². The van der Waals surface area contributed by atoms with Crippen molar-refractivity contribution in [1.82, 2.24) is 9.80 Å². The molecule has 0 spiro atoms. The second kappa shape index (κ2) is 7.20. The fourth-order valence-corrected chi connectivity index (χ4v) is 5.12. The van der Waals surface area contributed by atoms with Crippen molar-refractivity contribution >= 4 is 23.4 Å². The maximum atomic E-state index is 6.49. The molecule has 0 saturated carbocycles. The first-order valence-electron chi connectivity index (χ1n) is 8.71. The molecular formula is C20H23ClN2OS. The fourth-order valence-electron chi connectivity index (χ4n) is 3.72. The molecule has 5 heteroatoms. The minimum atomic E-state index is 0.364. The first-order chi connectivity index (χ1) is 12.2. The van der Waals surface area contributed by atoms with Crippen LogP contribution in [0.25, 0.3) is 0 Å². The Hall–Kier alpha value is -1.20. The zero-order valence-corrected chi connectivity index (χ0v) is 16.2. The number of rotatable bonds is 2. The third kappa shape index (κ3) is 3.41. The van der Waals surface area contributed by atoms with Crippen molar-refractivity contribution in [2.75, 3.05) is 40.3 Å². The number of benzene rings is 2. The molecule has 0 bridgehead atoms. The van der Waals surface area contributed by atoms with Gasteiger partial charge in [-0.2, -0.15) is 0 Å². The summed E-state index contributed by atoms with van der Waals surface area (Å²) >= 11 is 8.33. The van der Waals surface area contributed by atoms with Crippen LogP contribution in [-0.2, 0) is 6.42 Å². The number of fused-ring (bicyclic) bond motifs is 2. The number of likely N-dealkylation sites (N-methyl/N-ethyl adjacent to an activating group) is 1. The lowest BCUT2D eigenvalue weighted by atomic mass is 9.96. The van der Waals surface area contributed by atoms with Gasteiger partial charge in [-0.3, -0.25) is 4.90 Å². The highest BCUT2D eigenvalue weighted by Gasteiger charge is 2.30. The Morgan fingerprint density at radius 2 is 1.84 bits per heavy atom. The normalized spacial score (nSPS) is 21.3. The zero-order valence-electron chi connectivity index (χ0n) is 14.7. The van der Waals surface area contributed by atoms with Gasteiger partial charge in [0.15, 0.2) is 0 Å². The topological polar surface area (TPSA) is 15.7 Å². The summed E-state index contributed by atoms with van der Waals surface area (Å²) in [5.41, 5.74) is 2.75. The number of halogens is 1. The molecule has 2 heterocycles. The number of methoxy groups -OCH3 is 1. The van der Waals surface area contributed by atoms with E-state index in [2.05, 4.69) is 53.2 Å². The highest BCUT2D eigenvalue weighted by atomic mass is 35.5. The summed E-state index contributed by atoms with van der Waals surface area (Å²) in [5.74, 6) is 0.754. The predicted octanol–water partition coefficient (Wildman–Crippen LogP) is 4.34. The number of piperazine rings is 1. The third-order valence-corrected chi connectivity index (χ3v) is 6.71. The molecule has 132 valence electrons. The Kier molecular flexibility index (Phi) is 4.96. The van der Waals surface area contributed by atoms with E-state index in [-0.39, 0.29) is 0 Å². The number of nitrogens with zero attached hydrogens (tertiary/aromatic N) is 2. The Morgan fingerprint density at radius 1 is 1.08 bits per heavy atom. The molecule has 1 atom stereocenters. The summed E-state index contributed by atoms with van der Waals surface area (Å²) in [6, 6.07) is 13.3. The largest absolute Gasteiger partial charge is 0.495 e. The summed E-state index contributed by atoms with van der Waals surface area (Å²) in [6.45, 7) is 4.42. The predicted molar refractivity (Wildman–Crippen MR) is 104 cm³/mol. The molecule has 0 aromatic heterocycles. The van der Waals surface area contributed by atoms with Crippen molar-refractivity contribution in [2.24, 2.45) is 0 Å². The second-order valence-electron chi connectivity index (χ2n) is 6.79. The average Bonchev–Trinajstić information content (AvgIpc) is 2.78. The van der Waals surface area contributed by atoms with Crippen molar-refractivity contribution in [1.29, 1.82) is 0 Å². The summed E-state index contributed by atoms with van der Waals surface area (Å²) in [5, 5.41) is 0.701. The monoisotopic (exact) mass is 374 g/mol. The van der Waals surface area contributed by atoms with Crippen LogP contribution in [0, 0.1) is 0 Å². The molecule has 2 aliphatic rings. The van der Waals surface area contributed by atoms with Crippen molar-refractivity contribution in [3.63, 3.8) is 0 Å². The zero-order chi connectivity index (χ0) is 17.4. The number of hydrogen-bond acceptors (Lipinski definition) is 4. The van der Waals surface area contributed by atoms with Gasteiger partial charge in [-0.15, -0.1) is 0 Å². The molecule has 2 aromatic carbocycles. The smallest absolute Gasteiger partial charge is 0.138 e. The van der Waals surface area contributed by atoms with Crippen LogP contribution in [0.2, 0.25) is 5.02 Å². The number of ether oxygens (including phenoxy) is 1. The van der Waals surface area contributed by atoms with E-state index in [0.29, 0.717) is 11.1 Å². The highest BCUT2D eigenvalue weighted by molar-refractivity contribution is 7.99. The molecule has 4 rings (SSSR count). The van der Waals surface area contributed by atoms with Crippen molar-refractivity contribution < 1.29 is 4.74 Å². The van der Waals surface area contributed by atoms with E-state index < -0.39 is 0 Å². The molecule has 2 aromatic rings. The van der Waals surface area contributed by atoms with E-state index in [1.54, 1.807) is 7.11 Å². The van der Waals surface area contributed by atoms with Crippen LogP contribution in [0.5, 0.6) is 5.75 Å². The maximum Gasteiger partial charge on any atom is 0.138 e. The van der Waals surface area contributed by atoms with Crippen LogP contribution < -0.4 is 4.74 Å². The van der Waals surface area contributed by atoms with Crippen LogP contribution in [0.3, 0.4) is 0 Å². The van der Waals surface area contributed by atoms with Gasteiger partial charge in [0.05, 0.1) is 12.1 Å². The van der Waals surface area contributed by atoms with Crippen molar-refractivity contribution in [3.05, 3.63) is 52.5 Å². The van der Waals surface area contributed by atoms with Crippen LogP contribution >= 0.6 is 23.4 Å². The highest BCUT2D eigenvalue weighted by Crippen LogP contribution is 2.46. The van der Waals surface area contributed by atoms with Crippen LogP contribution in [-0.4, -0.2) is 50.1 Å². The molecular weight excluding hydrogens is 352 g/mol. The minimum Gasteiger partial charge on any atom is -0.495 e. The van der Waals surface area contributed by atoms with Gasteiger partial charge in [0.1, 0.15) is 5.75 Å². The van der Waals surface area contributed by atoms with Crippen LogP contribution in [0.4, 0.5) is 0 Å². The molecule has 1 unspecified atom stereocenters. The lowest BCUT2D eigenvalue weighted by Gasteiger charge is -2.38. The van der Waals surface area contributed by atoms with Crippen molar-refractivity contribution in [2.45, 2.75) is 22.3 Å². The van der Waals surface area contributed by atoms with Gasteiger partial charge in [0, 0.05) is 42.0 Å². The van der Waals surface area contributed by atoms with Gasteiger partial charge < -0.3 is 9.64 Å². The molecule has 0 aliphatic carbocycles. The van der Waals surface area contributed by atoms with Crippen LogP contribution in [0.1, 0.15) is 17.2 Å². The van der Waals surface area contributed by atoms with Gasteiger partial charge in [-0.05, 0) is 42.8 Å². The summed E-state index contributed by atoms with van der Waals surface area (Å²) < 4.78 is 5.47. The summed E-state index contributed by atoms with van der Waals surface area (Å²) in [7, 11) is 3.88. The molecule has 3 nitrogen and oxygen atoms in total. The molecule has 1 fully saturated rings. The SMILES string of the molecule is COc1cc2c(cc1Cl)C(N1CCN(C)CC1)Cc1ccccc1S2. The Labute approximate surface area is 158 Å². The van der Waals surface area contributed by atoms with E-state index in [0.717, 1.165) is 38.3 Å². The maximum absolute atomic E-state index is 6.49. The van der Waals surface area contributed by atoms with Gasteiger partial charge in [-0.1, -0.05) is 41.6 Å². The van der Waals surface area contributed by atoms with Crippen molar-refractivity contribution in [3.8, 4) is 5.75 Å². The fraction of sp³-hybridized carbons (Fsp3) is 0.400. The number of hydrogen-bond donors (Lipinski definition) is 0. The van der Waals surface area contributed by atoms with E-state index in [9.17, 15) is 0 Å². The third-order valence-electron chi connectivity index (χ3n) is 5.23. The first-order valence-corrected chi connectivity index (χ1v) is 9.91. The lowest BCUT2D eigenvalue weighted by molar-refractivity contribution is 0.110. The first kappa shape index (κ1) is 17.2. The van der Waals surface area contributed by atoms with Crippen LogP contribution in [0.15, 0.2) is 46.2 Å². The summed E-state index contributed by atoms with van der Waals surface area (Å²) in [4.78, 5) is 7.61. The molecule has 0 amide bonds. The van der Waals surface area contributed by atoms with Gasteiger partial charge in [-0.25, -0.2) is 0 Å². The van der Waals surface area contributed by atoms with Gasteiger partial charge >= 0.3 is 0 Å². The Morgan fingerprint density at radius 3 is 2.60 bits per heavy atom. The molecule has 0 radical (unpaired) electrons.